The van der Waals surface area contributed by atoms with E-state index < -0.39 is 5.97 Å². The van der Waals surface area contributed by atoms with Crippen molar-refractivity contribution in [2.75, 3.05) is 6.54 Å². The molecule has 0 radical (unpaired) electrons. The first-order valence-corrected chi connectivity index (χ1v) is 6.32. The van der Waals surface area contributed by atoms with Crippen molar-refractivity contribution in [3.63, 3.8) is 0 Å². The van der Waals surface area contributed by atoms with Gasteiger partial charge in [-0.2, -0.15) is 0 Å². The second-order valence-corrected chi connectivity index (χ2v) is 4.96. The molecule has 1 aromatic rings. The first-order chi connectivity index (χ1) is 8.99. The molecular formula is C14H17NO4. The number of benzene rings is 1. The van der Waals surface area contributed by atoms with Crippen molar-refractivity contribution >= 4 is 11.9 Å². The summed E-state index contributed by atoms with van der Waals surface area (Å²) in [6.07, 6.45) is 0.949. The van der Waals surface area contributed by atoms with E-state index in [1.807, 2.05) is 6.92 Å². The third-order valence-corrected chi connectivity index (χ3v) is 3.58. The summed E-state index contributed by atoms with van der Waals surface area (Å²) in [6, 6.07) is 6.11. The van der Waals surface area contributed by atoms with Crippen molar-refractivity contribution in [2.24, 2.45) is 5.92 Å². The van der Waals surface area contributed by atoms with Gasteiger partial charge in [0, 0.05) is 18.2 Å². The van der Waals surface area contributed by atoms with Gasteiger partial charge in [-0.25, -0.2) is 0 Å². The fourth-order valence-electron chi connectivity index (χ4n) is 2.50. The fourth-order valence-corrected chi connectivity index (χ4v) is 2.50. The molecule has 0 aliphatic carbocycles. The summed E-state index contributed by atoms with van der Waals surface area (Å²) in [4.78, 5) is 24.9. The highest BCUT2D eigenvalue weighted by molar-refractivity contribution is 5.95. The van der Waals surface area contributed by atoms with Gasteiger partial charge < -0.3 is 15.1 Å². The van der Waals surface area contributed by atoms with Crippen LogP contribution in [0.3, 0.4) is 0 Å². The molecule has 5 heteroatoms. The molecule has 2 rings (SSSR count). The number of piperidine rings is 1. The minimum absolute atomic E-state index is 0.0546. The van der Waals surface area contributed by atoms with Crippen molar-refractivity contribution < 1.29 is 19.8 Å². The molecule has 1 aromatic carbocycles. The summed E-state index contributed by atoms with van der Waals surface area (Å²) in [7, 11) is 0. The van der Waals surface area contributed by atoms with Crippen LogP contribution >= 0.6 is 0 Å². The zero-order valence-corrected chi connectivity index (χ0v) is 10.7. The fraction of sp³-hybridized carbons (Fsp3) is 0.429. The van der Waals surface area contributed by atoms with Crippen LogP contribution in [0.4, 0.5) is 0 Å². The lowest BCUT2D eigenvalue weighted by atomic mass is 9.91. The van der Waals surface area contributed by atoms with Crippen LogP contribution in [0.1, 0.15) is 30.1 Å². The number of carboxylic acid groups (broad SMARTS) is 1. The maximum absolute atomic E-state index is 12.3. The Bertz CT molecular complexity index is 500. The molecule has 1 fully saturated rings. The molecule has 0 bridgehead atoms. The highest BCUT2D eigenvalue weighted by Gasteiger charge is 2.32. The van der Waals surface area contributed by atoms with Crippen LogP contribution in [0.15, 0.2) is 24.3 Å². The Hall–Kier alpha value is -2.04. The summed E-state index contributed by atoms with van der Waals surface area (Å²) in [6.45, 7) is 2.29. The van der Waals surface area contributed by atoms with E-state index in [1.165, 1.54) is 12.1 Å². The van der Waals surface area contributed by atoms with Crippen LogP contribution in [0.5, 0.6) is 5.75 Å². The van der Waals surface area contributed by atoms with E-state index >= 15 is 0 Å². The van der Waals surface area contributed by atoms with Gasteiger partial charge in [-0.05, 0) is 38.0 Å². The Labute approximate surface area is 111 Å². The number of carbonyl (C=O) groups excluding carboxylic acids is 1. The molecule has 1 aliphatic heterocycles. The lowest BCUT2D eigenvalue weighted by molar-refractivity contribution is -0.143. The molecule has 5 nitrogen and oxygen atoms in total. The third kappa shape index (κ3) is 2.86. The summed E-state index contributed by atoms with van der Waals surface area (Å²) in [5, 5.41) is 18.4. The molecule has 0 spiro atoms. The number of hydrogen-bond donors (Lipinski definition) is 2. The number of carboxylic acids is 1. The smallest absolute Gasteiger partial charge is 0.306 e. The molecule has 2 atom stereocenters. The van der Waals surface area contributed by atoms with Crippen LogP contribution < -0.4 is 0 Å². The number of hydrogen-bond acceptors (Lipinski definition) is 3. The number of nitrogens with zero attached hydrogens (tertiary/aromatic N) is 1. The highest BCUT2D eigenvalue weighted by Crippen LogP contribution is 2.25. The molecule has 102 valence electrons. The molecule has 19 heavy (non-hydrogen) atoms. The molecular weight excluding hydrogens is 246 g/mol. The molecule has 1 heterocycles. The van der Waals surface area contributed by atoms with Crippen molar-refractivity contribution in [1.82, 2.24) is 4.90 Å². The Kier molecular flexibility index (Phi) is 3.74. The number of aliphatic carboxylic acids is 1. The van der Waals surface area contributed by atoms with E-state index in [4.69, 9.17) is 5.11 Å². The predicted octanol–water partition coefficient (Wildman–Crippen LogP) is 1.72. The Balaban J connectivity index is 2.11. The normalized spacial score (nSPS) is 23.1. The Morgan fingerprint density at radius 1 is 1.37 bits per heavy atom. The van der Waals surface area contributed by atoms with Crippen LogP contribution in [0.25, 0.3) is 0 Å². The molecule has 2 N–H and O–H groups in total. The lowest BCUT2D eigenvalue weighted by Gasteiger charge is -2.36. The number of aromatic hydroxyl groups is 1. The minimum Gasteiger partial charge on any atom is -0.508 e. The predicted molar refractivity (Wildman–Crippen MR) is 69.0 cm³/mol. The van der Waals surface area contributed by atoms with Gasteiger partial charge in [-0.15, -0.1) is 0 Å². The zero-order valence-electron chi connectivity index (χ0n) is 10.7. The van der Waals surface area contributed by atoms with Gasteiger partial charge in [-0.1, -0.05) is 6.07 Å². The number of amides is 1. The van der Waals surface area contributed by atoms with Crippen molar-refractivity contribution in [3.8, 4) is 5.75 Å². The number of likely N-dealkylation sites (tertiary alicyclic amines) is 1. The largest absolute Gasteiger partial charge is 0.508 e. The first-order valence-electron chi connectivity index (χ1n) is 6.32. The van der Waals surface area contributed by atoms with E-state index in [-0.39, 0.29) is 23.6 Å². The van der Waals surface area contributed by atoms with Crippen molar-refractivity contribution in [3.05, 3.63) is 29.8 Å². The molecule has 1 saturated heterocycles. The third-order valence-electron chi connectivity index (χ3n) is 3.58. The molecule has 1 amide bonds. The van der Waals surface area contributed by atoms with E-state index in [1.54, 1.807) is 17.0 Å². The molecule has 0 saturated carbocycles. The number of rotatable bonds is 2. The maximum atomic E-state index is 12.3. The lowest BCUT2D eigenvalue weighted by Crippen LogP contribution is -2.46. The van der Waals surface area contributed by atoms with Gasteiger partial charge in [0.05, 0.1) is 5.92 Å². The number of carbonyl (C=O) groups is 2. The van der Waals surface area contributed by atoms with Crippen LogP contribution in [-0.4, -0.2) is 39.6 Å². The highest BCUT2D eigenvalue weighted by atomic mass is 16.4. The number of phenols is 1. The monoisotopic (exact) mass is 263 g/mol. The SMILES string of the molecule is CC1CC(C(=O)O)CCN1C(=O)c1cccc(O)c1. The Morgan fingerprint density at radius 3 is 2.68 bits per heavy atom. The maximum Gasteiger partial charge on any atom is 0.306 e. The minimum atomic E-state index is -0.795. The molecule has 0 aromatic heterocycles. The summed E-state index contributed by atoms with van der Waals surface area (Å²) < 4.78 is 0. The van der Waals surface area contributed by atoms with Crippen LogP contribution in [0.2, 0.25) is 0 Å². The molecule has 2 unspecified atom stereocenters. The van der Waals surface area contributed by atoms with Gasteiger partial charge >= 0.3 is 5.97 Å². The Morgan fingerprint density at radius 2 is 2.11 bits per heavy atom. The second-order valence-electron chi connectivity index (χ2n) is 4.96. The van der Waals surface area contributed by atoms with E-state index in [9.17, 15) is 14.7 Å². The average molecular weight is 263 g/mol. The zero-order chi connectivity index (χ0) is 14.0. The number of phenolic OH excluding ortho intramolecular Hbond substituents is 1. The first kappa shape index (κ1) is 13.4. The van der Waals surface area contributed by atoms with E-state index in [2.05, 4.69) is 0 Å². The van der Waals surface area contributed by atoms with E-state index in [0.717, 1.165) is 0 Å². The summed E-state index contributed by atoms with van der Waals surface area (Å²) in [5.41, 5.74) is 0.431. The second kappa shape index (κ2) is 5.30. The van der Waals surface area contributed by atoms with Gasteiger partial charge in [0.15, 0.2) is 0 Å². The van der Waals surface area contributed by atoms with Crippen LogP contribution in [-0.2, 0) is 4.79 Å². The van der Waals surface area contributed by atoms with Gasteiger partial charge in [-0.3, -0.25) is 9.59 Å². The van der Waals surface area contributed by atoms with E-state index in [0.29, 0.717) is 24.9 Å². The van der Waals surface area contributed by atoms with Gasteiger partial charge in [0.25, 0.3) is 5.91 Å². The quantitative estimate of drug-likeness (QED) is 0.851. The van der Waals surface area contributed by atoms with Crippen molar-refractivity contribution in [2.45, 2.75) is 25.8 Å². The standard InChI is InChI=1S/C14H17NO4/c1-9-7-11(14(18)19)5-6-15(9)13(17)10-3-2-4-12(16)8-10/h2-4,8-9,11,16H,5-7H2,1H3,(H,18,19). The average Bonchev–Trinajstić information content (AvgIpc) is 2.37. The van der Waals surface area contributed by atoms with Crippen molar-refractivity contribution in [1.29, 1.82) is 0 Å². The summed E-state index contributed by atoms with van der Waals surface area (Å²) >= 11 is 0. The van der Waals surface area contributed by atoms with Gasteiger partial charge in [0.1, 0.15) is 5.75 Å². The topological polar surface area (TPSA) is 77.8 Å². The van der Waals surface area contributed by atoms with Gasteiger partial charge in [0.2, 0.25) is 0 Å². The summed E-state index contributed by atoms with van der Waals surface area (Å²) in [5.74, 6) is -1.27. The molecule has 1 aliphatic rings. The van der Waals surface area contributed by atoms with Crippen LogP contribution in [0, 0.1) is 5.92 Å².